The second-order valence-electron chi connectivity index (χ2n) is 5.84. The highest BCUT2D eigenvalue weighted by Crippen LogP contribution is 2.40. The molecule has 3 rings (SSSR count). The Morgan fingerprint density at radius 3 is 2.81 bits per heavy atom. The lowest BCUT2D eigenvalue weighted by Gasteiger charge is -2.27. The largest absolute Gasteiger partial charge is 0.329 e. The fourth-order valence-corrected chi connectivity index (χ4v) is 4.31. The van der Waals surface area contributed by atoms with E-state index in [4.69, 9.17) is 5.73 Å². The highest BCUT2D eigenvalue weighted by Gasteiger charge is 2.24. The Balaban J connectivity index is 1.75. The van der Waals surface area contributed by atoms with Gasteiger partial charge in [-0.1, -0.05) is 24.3 Å². The first kappa shape index (κ1) is 15.2. The van der Waals surface area contributed by atoms with E-state index in [0.29, 0.717) is 6.54 Å². The number of benzene rings is 1. The maximum Gasteiger partial charge on any atom is 0.0471 e. The van der Waals surface area contributed by atoms with Crippen molar-refractivity contribution >= 4 is 27.3 Å². The van der Waals surface area contributed by atoms with Gasteiger partial charge >= 0.3 is 0 Å². The molecule has 0 bridgehead atoms. The van der Waals surface area contributed by atoms with Crippen LogP contribution in [0.2, 0.25) is 0 Å². The van der Waals surface area contributed by atoms with E-state index in [-0.39, 0.29) is 6.04 Å². The van der Waals surface area contributed by atoms with Gasteiger partial charge in [-0.2, -0.15) is 0 Å². The monoisotopic (exact) mass is 364 g/mol. The first-order valence-corrected chi connectivity index (χ1v) is 9.07. The minimum Gasteiger partial charge on any atom is -0.329 e. The van der Waals surface area contributed by atoms with Gasteiger partial charge in [0.15, 0.2) is 0 Å². The van der Waals surface area contributed by atoms with Crippen molar-refractivity contribution in [2.45, 2.75) is 31.3 Å². The molecular weight excluding hydrogens is 344 g/mol. The number of nitrogens with two attached hydrogens (primary N) is 1. The van der Waals surface area contributed by atoms with E-state index in [2.05, 4.69) is 63.6 Å². The molecule has 0 saturated heterocycles. The van der Waals surface area contributed by atoms with Gasteiger partial charge in [0.05, 0.1) is 0 Å². The Labute approximate surface area is 139 Å². The zero-order valence-corrected chi connectivity index (χ0v) is 14.7. The summed E-state index contributed by atoms with van der Waals surface area (Å²) in [5, 5.41) is 2.13. The first-order chi connectivity index (χ1) is 10.2. The van der Waals surface area contributed by atoms with Gasteiger partial charge in [0.25, 0.3) is 0 Å². The highest BCUT2D eigenvalue weighted by atomic mass is 79.9. The molecule has 1 atom stereocenters. The summed E-state index contributed by atoms with van der Waals surface area (Å²) in [6, 6.07) is 11.5. The molecule has 1 aromatic carbocycles. The van der Waals surface area contributed by atoms with Crippen LogP contribution in [-0.4, -0.2) is 18.5 Å². The van der Waals surface area contributed by atoms with E-state index >= 15 is 0 Å². The van der Waals surface area contributed by atoms with Crippen molar-refractivity contribution in [3.05, 3.63) is 56.2 Å². The summed E-state index contributed by atoms with van der Waals surface area (Å²) in [7, 11) is 2.16. The van der Waals surface area contributed by atoms with E-state index in [1.54, 1.807) is 11.3 Å². The summed E-state index contributed by atoms with van der Waals surface area (Å²) in [5.74, 6) is 0.793. The molecule has 4 heteroatoms. The van der Waals surface area contributed by atoms with Gasteiger partial charge < -0.3 is 5.73 Å². The molecule has 0 spiro atoms. The molecule has 2 nitrogen and oxygen atoms in total. The fourth-order valence-electron chi connectivity index (χ4n) is 2.80. The number of likely N-dealkylation sites (N-methyl/N-ethyl adjacent to an activating group) is 1. The molecular formula is C17H21BrN2S. The van der Waals surface area contributed by atoms with Crippen LogP contribution in [0.15, 0.2) is 40.2 Å². The Kier molecular flexibility index (Phi) is 4.79. The van der Waals surface area contributed by atoms with Gasteiger partial charge in [-0.05, 0) is 58.9 Å². The molecule has 112 valence electrons. The molecule has 1 aliphatic carbocycles. The van der Waals surface area contributed by atoms with Crippen LogP contribution in [0.4, 0.5) is 0 Å². The second kappa shape index (κ2) is 6.61. The summed E-state index contributed by atoms with van der Waals surface area (Å²) in [6.45, 7) is 1.59. The third-order valence-electron chi connectivity index (χ3n) is 4.13. The number of nitrogens with zero attached hydrogens (tertiary/aromatic N) is 1. The lowest BCUT2D eigenvalue weighted by Crippen LogP contribution is -2.30. The Morgan fingerprint density at radius 2 is 2.19 bits per heavy atom. The minimum atomic E-state index is 0.282. The van der Waals surface area contributed by atoms with Crippen LogP contribution in [0.5, 0.6) is 0 Å². The normalized spacial score (nSPS) is 16.4. The van der Waals surface area contributed by atoms with E-state index in [9.17, 15) is 0 Å². The van der Waals surface area contributed by atoms with Crippen molar-refractivity contribution < 1.29 is 0 Å². The van der Waals surface area contributed by atoms with Gasteiger partial charge in [0, 0.05) is 33.9 Å². The van der Waals surface area contributed by atoms with Crippen LogP contribution < -0.4 is 5.73 Å². The first-order valence-electron chi connectivity index (χ1n) is 7.40. The van der Waals surface area contributed by atoms with Crippen molar-refractivity contribution in [2.24, 2.45) is 5.73 Å². The van der Waals surface area contributed by atoms with Crippen molar-refractivity contribution in [2.75, 3.05) is 13.6 Å². The zero-order valence-electron chi connectivity index (χ0n) is 12.3. The van der Waals surface area contributed by atoms with Gasteiger partial charge in [0.1, 0.15) is 0 Å². The molecule has 1 saturated carbocycles. The van der Waals surface area contributed by atoms with Crippen molar-refractivity contribution in [3.63, 3.8) is 0 Å². The SMILES string of the molecule is CN(Cc1cc(Br)cs1)C(CN)c1cccc(C2CC2)c1. The van der Waals surface area contributed by atoms with Gasteiger partial charge in [0.2, 0.25) is 0 Å². The second-order valence-corrected chi connectivity index (χ2v) is 7.75. The molecule has 0 amide bonds. The maximum absolute atomic E-state index is 6.06. The maximum atomic E-state index is 6.06. The van der Waals surface area contributed by atoms with Crippen molar-refractivity contribution in [3.8, 4) is 0 Å². The van der Waals surface area contributed by atoms with E-state index in [1.165, 1.54) is 28.8 Å². The molecule has 1 aliphatic rings. The molecule has 1 unspecified atom stereocenters. The molecule has 21 heavy (non-hydrogen) atoms. The van der Waals surface area contributed by atoms with Crippen LogP contribution in [0.1, 0.15) is 40.8 Å². The van der Waals surface area contributed by atoms with Gasteiger partial charge in [-0.3, -0.25) is 4.90 Å². The number of halogens is 1. The molecule has 0 aliphatic heterocycles. The predicted molar refractivity (Wildman–Crippen MR) is 93.7 cm³/mol. The number of rotatable bonds is 6. The van der Waals surface area contributed by atoms with Crippen molar-refractivity contribution in [1.29, 1.82) is 0 Å². The third kappa shape index (κ3) is 3.75. The summed E-state index contributed by atoms with van der Waals surface area (Å²) in [5.41, 5.74) is 8.89. The summed E-state index contributed by atoms with van der Waals surface area (Å²) in [6.07, 6.45) is 2.69. The average molecular weight is 365 g/mol. The molecule has 2 N–H and O–H groups in total. The predicted octanol–water partition coefficient (Wildman–Crippen LogP) is 4.52. The molecule has 0 radical (unpaired) electrons. The lowest BCUT2D eigenvalue weighted by molar-refractivity contribution is 0.244. The van der Waals surface area contributed by atoms with Gasteiger partial charge in [-0.15, -0.1) is 11.3 Å². The van der Waals surface area contributed by atoms with Gasteiger partial charge in [-0.25, -0.2) is 0 Å². The zero-order chi connectivity index (χ0) is 14.8. The van der Waals surface area contributed by atoms with Crippen LogP contribution in [0.25, 0.3) is 0 Å². The Bertz CT molecular complexity index is 606. The summed E-state index contributed by atoms with van der Waals surface area (Å²) < 4.78 is 1.16. The molecule has 1 fully saturated rings. The molecule has 2 aromatic rings. The number of hydrogen-bond acceptors (Lipinski definition) is 3. The fraction of sp³-hybridized carbons (Fsp3) is 0.412. The van der Waals surface area contributed by atoms with Crippen LogP contribution in [0.3, 0.4) is 0 Å². The van der Waals surface area contributed by atoms with Crippen LogP contribution in [0, 0.1) is 0 Å². The minimum absolute atomic E-state index is 0.282. The summed E-state index contributed by atoms with van der Waals surface area (Å²) >= 11 is 5.31. The van der Waals surface area contributed by atoms with Crippen molar-refractivity contribution in [1.82, 2.24) is 4.90 Å². The van der Waals surface area contributed by atoms with E-state index < -0.39 is 0 Å². The van der Waals surface area contributed by atoms with Crippen LogP contribution in [-0.2, 0) is 6.54 Å². The quantitative estimate of drug-likeness (QED) is 0.816. The molecule has 1 heterocycles. The Hall–Kier alpha value is -0.680. The number of hydrogen-bond donors (Lipinski definition) is 1. The lowest BCUT2D eigenvalue weighted by atomic mass is 10.0. The van der Waals surface area contributed by atoms with E-state index in [0.717, 1.165) is 16.9 Å². The highest BCUT2D eigenvalue weighted by molar-refractivity contribution is 9.10. The average Bonchev–Trinajstić information content (AvgIpc) is 3.24. The summed E-state index contributed by atoms with van der Waals surface area (Å²) in [4.78, 5) is 3.71. The van der Waals surface area contributed by atoms with Crippen LogP contribution >= 0.6 is 27.3 Å². The van der Waals surface area contributed by atoms with E-state index in [1.807, 2.05) is 0 Å². The molecule has 1 aromatic heterocycles. The Morgan fingerprint density at radius 1 is 1.38 bits per heavy atom. The number of thiophene rings is 1. The third-order valence-corrected chi connectivity index (χ3v) is 5.81. The standard InChI is InChI=1S/C17H21BrN2S/c1-20(10-16-8-15(18)11-21-16)17(9-19)14-4-2-3-13(7-14)12-5-6-12/h2-4,7-8,11-12,17H,5-6,9-10,19H2,1H3. The topological polar surface area (TPSA) is 29.3 Å². The smallest absolute Gasteiger partial charge is 0.0471 e.